The van der Waals surface area contributed by atoms with E-state index in [9.17, 15) is 14.9 Å². The molecule has 2 heterocycles. The van der Waals surface area contributed by atoms with Crippen molar-refractivity contribution in [1.82, 2.24) is 24.7 Å². The third kappa shape index (κ3) is 6.13. The summed E-state index contributed by atoms with van der Waals surface area (Å²) < 4.78 is 1.75. The second-order valence-electron chi connectivity index (χ2n) is 11.2. The van der Waals surface area contributed by atoms with Crippen LogP contribution in [0.4, 0.5) is 5.82 Å². The maximum Gasteiger partial charge on any atom is 0.350 e. The van der Waals surface area contributed by atoms with Crippen molar-refractivity contribution in [3.63, 3.8) is 0 Å². The number of nitrogens with one attached hydrogen (secondary N) is 2. The third-order valence-electron chi connectivity index (χ3n) is 8.37. The van der Waals surface area contributed by atoms with Gasteiger partial charge in [0.05, 0.1) is 11.6 Å². The van der Waals surface area contributed by atoms with Gasteiger partial charge >= 0.3 is 5.69 Å². The molecule has 1 aromatic heterocycles. The minimum atomic E-state index is -0.730. The van der Waals surface area contributed by atoms with Gasteiger partial charge in [-0.1, -0.05) is 44.2 Å². The number of carbonyl (C=O) groups excluding carboxylic acids is 1. The van der Waals surface area contributed by atoms with Crippen molar-refractivity contribution in [2.45, 2.75) is 69.5 Å². The van der Waals surface area contributed by atoms with Crippen molar-refractivity contribution in [2.75, 3.05) is 45.1 Å². The molecule has 3 aliphatic rings. The van der Waals surface area contributed by atoms with Crippen LogP contribution in [0.25, 0.3) is 10.9 Å². The summed E-state index contributed by atoms with van der Waals surface area (Å²) in [7, 11) is 2.14. The van der Waals surface area contributed by atoms with Crippen molar-refractivity contribution < 1.29 is 4.79 Å². The Bertz CT molecular complexity index is 1200. The Morgan fingerprint density at radius 2 is 1.86 bits per heavy atom. The Hall–Kier alpha value is -2.96. The summed E-state index contributed by atoms with van der Waals surface area (Å²) >= 11 is 0. The molecule has 198 valence electrons. The van der Waals surface area contributed by atoms with E-state index in [-0.39, 0.29) is 11.6 Å². The number of anilines is 1. The highest BCUT2D eigenvalue weighted by Gasteiger charge is 2.45. The Morgan fingerprint density at radius 1 is 1.14 bits per heavy atom. The largest absolute Gasteiger partial charge is 0.358 e. The van der Waals surface area contributed by atoms with E-state index < -0.39 is 11.6 Å². The summed E-state index contributed by atoms with van der Waals surface area (Å²) in [6, 6.07) is 9.52. The number of aromatic nitrogens is 2. The van der Waals surface area contributed by atoms with Crippen LogP contribution in [-0.2, 0) is 11.3 Å². The van der Waals surface area contributed by atoms with Gasteiger partial charge in [-0.05, 0) is 44.4 Å². The maximum absolute atomic E-state index is 13.4. The molecule has 1 atom stereocenters. The van der Waals surface area contributed by atoms with E-state index in [1.165, 1.54) is 19.3 Å². The molecule has 2 N–H and O–H groups in total. The molecule has 0 radical (unpaired) electrons. The smallest absolute Gasteiger partial charge is 0.350 e. The molecular formula is C28H39N7O2. The Kier molecular flexibility index (Phi) is 7.77. The van der Waals surface area contributed by atoms with Crippen molar-refractivity contribution in [2.24, 2.45) is 5.92 Å². The average Bonchev–Trinajstić information content (AvgIpc) is 3.69. The molecule has 2 aromatic rings. The van der Waals surface area contributed by atoms with E-state index >= 15 is 0 Å². The van der Waals surface area contributed by atoms with E-state index in [1.54, 1.807) is 4.57 Å². The van der Waals surface area contributed by atoms with E-state index in [4.69, 9.17) is 0 Å². The average molecular weight is 506 g/mol. The van der Waals surface area contributed by atoms with Gasteiger partial charge in [0.15, 0.2) is 0 Å². The lowest BCUT2D eigenvalue weighted by atomic mass is 9.84. The maximum atomic E-state index is 13.4. The number of benzene rings is 1. The molecule has 9 nitrogen and oxygen atoms in total. The van der Waals surface area contributed by atoms with Crippen molar-refractivity contribution in [1.29, 1.82) is 5.26 Å². The van der Waals surface area contributed by atoms with Crippen LogP contribution in [0.3, 0.4) is 0 Å². The summed E-state index contributed by atoms with van der Waals surface area (Å²) in [6.45, 7) is 5.45. The molecule has 1 unspecified atom stereocenters. The third-order valence-corrected chi connectivity index (χ3v) is 8.37. The zero-order valence-electron chi connectivity index (χ0n) is 21.9. The number of piperazine rings is 1. The molecule has 0 spiro atoms. The predicted octanol–water partition coefficient (Wildman–Crippen LogP) is 2.57. The fraction of sp³-hybridized carbons (Fsp3) is 0.643. The van der Waals surface area contributed by atoms with Crippen LogP contribution in [0.2, 0.25) is 0 Å². The standard InChI is InChI=1S/C28H39N7O2/c1-33-13-15-34(16-14-33)17-18-35-24-10-6-5-9-22(24)25(31-27(35)37)30-23(19-21-7-3-2-4-8-21)26(36)32-28(20-29)11-12-28/h5-6,9-10,21,23H,2-4,7-8,11-19H2,1H3,(H,32,36)(H,30,31,37). The molecule has 37 heavy (non-hydrogen) atoms. The lowest BCUT2D eigenvalue weighted by Crippen LogP contribution is -2.47. The van der Waals surface area contributed by atoms with Crippen LogP contribution in [0.5, 0.6) is 0 Å². The van der Waals surface area contributed by atoms with Crippen LogP contribution in [0.1, 0.15) is 51.4 Å². The molecular weight excluding hydrogens is 466 g/mol. The first-order valence-corrected chi connectivity index (χ1v) is 13.9. The first-order chi connectivity index (χ1) is 18.0. The summed E-state index contributed by atoms with van der Waals surface area (Å²) in [5.74, 6) is 0.730. The molecule has 5 rings (SSSR count). The van der Waals surface area contributed by atoms with Crippen LogP contribution >= 0.6 is 0 Å². The van der Waals surface area contributed by atoms with Gasteiger partial charge in [0.1, 0.15) is 17.4 Å². The molecule has 1 amide bonds. The van der Waals surface area contributed by atoms with E-state index in [1.807, 2.05) is 24.3 Å². The summed E-state index contributed by atoms with van der Waals surface area (Å²) in [4.78, 5) is 35.8. The number of para-hydroxylation sites is 1. The number of hydrogen-bond donors (Lipinski definition) is 2. The lowest BCUT2D eigenvalue weighted by Gasteiger charge is -2.32. The van der Waals surface area contributed by atoms with Gasteiger partial charge < -0.3 is 15.5 Å². The quantitative estimate of drug-likeness (QED) is 0.539. The lowest BCUT2D eigenvalue weighted by molar-refractivity contribution is -0.122. The number of nitrogens with zero attached hydrogens (tertiary/aromatic N) is 5. The van der Waals surface area contributed by atoms with Crippen LogP contribution in [0, 0.1) is 17.2 Å². The van der Waals surface area contributed by atoms with Gasteiger partial charge in [-0.2, -0.15) is 10.2 Å². The van der Waals surface area contributed by atoms with Crippen molar-refractivity contribution >= 4 is 22.6 Å². The fourth-order valence-electron chi connectivity index (χ4n) is 5.73. The highest BCUT2D eigenvalue weighted by molar-refractivity contribution is 5.92. The van der Waals surface area contributed by atoms with Crippen LogP contribution in [0.15, 0.2) is 29.1 Å². The van der Waals surface area contributed by atoms with Crippen molar-refractivity contribution in [3.8, 4) is 6.07 Å². The Labute approximate surface area is 218 Å². The van der Waals surface area contributed by atoms with Gasteiger partial charge in [-0.25, -0.2) is 4.79 Å². The van der Waals surface area contributed by atoms with Gasteiger partial charge in [-0.3, -0.25) is 14.3 Å². The molecule has 0 bridgehead atoms. The van der Waals surface area contributed by atoms with Gasteiger partial charge in [0, 0.05) is 44.7 Å². The normalized spacial score (nSPS) is 21.3. The van der Waals surface area contributed by atoms with E-state index in [0.717, 1.165) is 56.5 Å². The molecule has 9 heteroatoms. The van der Waals surface area contributed by atoms with Crippen LogP contribution < -0.4 is 16.3 Å². The van der Waals surface area contributed by atoms with E-state index in [0.29, 0.717) is 37.5 Å². The highest BCUT2D eigenvalue weighted by Crippen LogP contribution is 2.35. The highest BCUT2D eigenvalue weighted by atomic mass is 16.2. The molecule has 1 aliphatic heterocycles. The molecule has 1 saturated heterocycles. The second-order valence-corrected chi connectivity index (χ2v) is 11.2. The number of nitriles is 1. The minimum absolute atomic E-state index is 0.172. The fourth-order valence-corrected chi connectivity index (χ4v) is 5.73. The number of amides is 1. The topological polar surface area (TPSA) is 106 Å². The molecule has 2 saturated carbocycles. The zero-order chi connectivity index (χ0) is 25.8. The number of fused-ring (bicyclic) bond motifs is 1. The van der Waals surface area contributed by atoms with E-state index in [2.05, 4.69) is 38.5 Å². The SMILES string of the molecule is CN1CCN(CCn2c(=O)nc(NC(CC3CCCCC3)C(=O)NC3(C#N)CC3)c3ccccc32)CC1. The zero-order valence-corrected chi connectivity index (χ0v) is 21.9. The minimum Gasteiger partial charge on any atom is -0.358 e. The Morgan fingerprint density at radius 3 is 2.57 bits per heavy atom. The number of carbonyl (C=O) groups is 1. The Balaban J connectivity index is 1.38. The van der Waals surface area contributed by atoms with Crippen LogP contribution in [-0.4, -0.2) is 76.6 Å². The summed E-state index contributed by atoms with van der Waals surface area (Å²) in [5, 5.41) is 16.7. The first-order valence-electron chi connectivity index (χ1n) is 13.9. The first kappa shape index (κ1) is 25.7. The number of likely N-dealkylation sites (N-methyl/N-ethyl adjacent to an activating group) is 1. The van der Waals surface area contributed by atoms with Gasteiger partial charge in [-0.15, -0.1) is 0 Å². The number of rotatable bonds is 9. The molecule has 2 aliphatic carbocycles. The monoisotopic (exact) mass is 505 g/mol. The number of hydrogen-bond acceptors (Lipinski definition) is 7. The molecule has 1 aromatic carbocycles. The summed E-state index contributed by atoms with van der Waals surface area (Å²) in [5.41, 5.74) is -0.208. The van der Waals surface area contributed by atoms with Crippen molar-refractivity contribution in [3.05, 3.63) is 34.7 Å². The predicted molar refractivity (Wildman–Crippen MR) is 144 cm³/mol. The van der Waals surface area contributed by atoms with Gasteiger partial charge in [0.2, 0.25) is 5.91 Å². The summed E-state index contributed by atoms with van der Waals surface area (Å²) in [6.07, 6.45) is 7.89. The molecule has 3 fully saturated rings. The van der Waals surface area contributed by atoms with Gasteiger partial charge in [0.25, 0.3) is 0 Å². The second kappa shape index (κ2) is 11.2.